The second-order valence-corrected chi connectivity index (χ2v) is 8.94. The fourth-order valence-electron chi connectivity index (χ4n) is 4.25. The first-order valence-electron chi connectivity index (χ1n) is 12.8. The number of nitrogens with one attached hydrogen (secondary N) is 3. The number of carbonyl (C=O) groups excluding carboxylic acids is 2. The molecule has 0 aliphatic heterocycles. The quantitative estimate of drug-likeness (QED) is 0.165. The third-order valence-corrected chi connectivity index (χ3v) is 6.18. The van der Waals surface area contributed by atoms with Gasteiger partial charge in [0.05, 0.1) is 11.3 Å². The minimum Gasteiger partial charge on any atom is -0.508 e. The number of rotatable bonds is 13. The number of phenolic OH excluding ortho intramolecular Hbond substituents is 1. The van der Waals surface area contributed by atoms with Crippen molar-refractivity contribution in [3.63, 3.8) is 0 Å². The van der Waals surface area contributed by atoms with Crippen molar-refractivity contribution in [3.05, 3.63) is 95.6 Å². The molecular weight excluding hydrogens is 450 g/mol. The largest absolute Gasteiger partial charge is 0.508 e. The van der Waals surface area contributed by atoms with Crippen LogP contribution in [-0.4, -0.2) is 30.1 Å². The maximum Gasteiger partial charge on any atom is 0.319 e. The number of unbranched alkanes of at least 4 members (excludes halogenated alkanes) is 4. The van der Waals surface area contributed by atoms with E-state index in [-0.39, 0.29) is 29.2 Å². The first-order chi connectivity index (χ1) is 17.6. The monoisotopic (exact) mass is 487 g/mol. The number of carbonyl (C=O) groups is 2. The van der Waals surface area contributed by atoms with Crippen molar-refractivity contribution in [1.82, 2.24) is 10.6 Å². The van der Waals surface area contributed by atoms with Gasteiger partial charge in [-0.2, -0.15) is 0 Å². The van der Waals surface area contributed by atoms with Gasteiger partial charge in [-0.25, -0.2) is 4.79 Å². The van der Waals surface area contributed by atoms with E-state index in [1.165, 1.54) is 36.1 Å². The van der Waals surface area contributed by atoms with Gasteiger partial charge in [-0.15, -0.1) is 0 Å². The molecule has 4 N–H and O–H groups in total. The Morgan fingerprint density at radius 2 is 1.42 bits per heavy atom. The zero-order valence-electron chi connectivity index (χ0n) is 21.0. The van der Waals surface area contributed by atoms with Crippen molar-refractivity contribution in [1.29, 1.82) is 0 Å². The van der Waals surface area contributed by atoms with Gasteiger partial charge in [-0.1, -0.05) is 93.3 Å². The molecule has 0 aliphatic rings. The first-order valence-corrected chi connectivity index (χ1v) is 12.8. The zero-order chi connectivity index (χ0) is 25.6. The molecule has 0 bridgehead atoms. The average Bonchev–Trinajstić information content (AvgIpc) is 2.90. The molecule has 0 spiro atoms. The van der Waals surface area contributed by atoms with Crippen LogP contribution in [0.25, 0.3) is 0 Å². The van der Waals surface area contributed by atoms with Gasteiger partial charge in [-0.05, 0) is 42.2 Å². The van der Waals surface area contributed by atoms with Crippen LogP contribution in [0.4, 0.5) is 10.5 Å². The van der Waals surface area contributed by atoms with Gasteiger partial charge in [0.15, 0.2) is 0 Å². The highest BCUT2D eigenvalue weighted by molar-refractivity contribution is 6.03. The van der Waals surface area contributed by atoms with Crippen LogP contribution >= 0.6 is 0 Å². The fraction of sp³-hybridized carbons (Fsp3) is 0.333. The summed E-state index contributed by atoms with van der Waals surface area (Å²) < 4.78 is 0. The SMILES string of the molecule is CCCCCCCNC(=O)Nc1ccc(O)cc1C(=O)NCCC(c1ccccc1)c1ccccc1. The summed E-state index contributed by atoms with van der Waals surface area (Å²) in [5.41, 5.74) is 2.95. The third-order valence-electron chi connectivity index (χ3n) is 6.18. The van der Waals surface area contributed by atoms with Gasteiger partial charge in [-0.3, -0.25) is 4.79 Å². The van der Waals surface area contributed by atoms with Crippen LogP contribution in [0.5, 0.6) is 5.75 Å². The minimum atomic E-state index is -0.363. The highest BCUT2D eigenvalue weighted by atomic mass is 16.3. The van der Waals surface area contributed by atoms with Crippen LogP contribution in [0, 0.1) is 0 Å². The van der Waals surface area contributed by atoms with Crippen molar-refractivity contribution in [3.8, 4) is 5.75 Å². The van der Waals surface area contributed by atoms with E-state index in [0.29, 0.717) is 25.2 Å². The Hall–Kier alpha value is -3.80. The summed E-state index contributed by atoms with van der Waals surface area (Å²) in [7, 11) is 0. The molecule has 0 unspecified atom stereocenters. The molecule has 0 heterocycles. The van der Waals surface area contributed by atoms with Gasteiger partial charge in [0.25, 0.3) is 5.91 Å². The molecule has 3 aromatic rings. The van der Waals surface area contributed by atoms with E-state index in [9.17, 15) is 14.7 Å². The van der Waals surface area contributed by atoms with Crippen molar-refractivity contribution in [2.75, 3.05) is 18.4 Å². The second kappa shape index (κ2) is 14.6. The maximum atomic E-state index is 13.0. The van der Waals surface area contributed by atoms with E-state index in [1.54, 1.807) is 6.07 Å². The van der Waals surface area contributed by atoms with E-state index in [0.717, 1.165) is 19.3 Å². The standard InChI is InChI=1S/C30H37N3O3/c1-2-3-4-5-12-20-32-30(36)33-28-18-17-25(34)22-27(28)29(35)31-21-19-26(23-13-8-6-9-14-23)24-15-10-7-11-16-24/h6-11,13-18,22,26,34H,2-5,12,19-21H2,1H3,(H,31,35)(H2,32,33,36). The molecule has 0 saturated heterocycles. The topological polar surface area (TPSA) is 90.5 Å². The van der Waals surface area contributed by atoms with E-state index in [4.69, 9.17) is 0 Å². The normalized spacial score (nSPS) is 10.7. The molecule has 0 aliphatic carbocycles. The van der Waals surface area contributed by atoms with Crippen LogP contribution in [0.2, 0.25) is 0 Å². The summed E-state index contributed by atoms with van der Waals surface area (Å²) in [6, 6.07) is 24.5. The highest BCUT2D eigenvalue weighted by Gasteiger charge is 2.17. The number of benzene rings is 3. The second-order valence-electron chi connectivity index (χ2n) is 8.94. The van der Waals surface area contributed by atoms with Gasteiger partial charge < -0.3 is 21.1 Å². The third kappa shape index (κ3) is 8.45. The predicted octanol–water partition coefficient (Wildman–Crippen LogP) is 6.44. The molecule has 6 heteroatoms. The molecule has 6 nitrogen and oxygen atoms in total. The summed E-state index contributed by atoms with van der Waals surface area (Å²) in [5.74, 6) is -0.244. The molecule has 3 amide bonds. The van der Waals surface area contributed by atoms with Crippen LogP contribution in [0.3, 0.4) is 0 Å². The molecule has 0 atom stereocenters. The van der Waals surface area contributed by atoms with Crippen molar-refractivity contribution in [2.24, 2.45) is 0 Å². The lowest BCUT2D eigenvalue weighted by atomic mass is 9.88. The summed E-state index contributed by atoms with van der Waals surface area (Å²) in [6.45, 7) is 3.18. The fourth-order valence-corrected chi connectivity index (χ4v) is 4.25. The number of amides is 3. The lowest BCUT2D eigenvalue weighted by Gasteiger charge is -2.19. The number of aromatic hydroxyl groups is 1. The van der Waals surface area contributed by atoms with Gasteiger partial charge in [0.2, 0.25) is 0 Å². The Balaban J connectivity index is 1.59. The van der Waals surface area contributed by atoms with E-state index >= 15 is 0 Å². The van der Waals surface area contributed by atoms with E-state index in [2.05, 4.69) is 47.1 Å². The van der Waals surface area contributed by atoms with Crippen LogP contribution in [0.15, 0.2) is 78.9 Å². The summed E-state index contributed by atoms with van der Waals surface area (Å²) in [4.78, 5) is 25.4. The highest BCUT2D eigenvalue weighted by Crippen LogP contribution is 2.27. The average molecular weight is 488 g/mol. The number of hydrogen-bond donors (Lipinski definition) is 4. The number of anilines is 1. The smallest absolute Gasteiger partial charge is 0.319 e. The Bertz CT molecular complexity index is 1050. The lowest BCUT2D eigenvalue weighted by molar-refractivity contribution is 0.0953. The number of urea groups is 1. The molecule has 0 fully saturated rings. The molecule has 3 aromatic carbocycles. The summed E-state index contributed by atoms with van der Waals surface area (Å²) >= 11 is 0. The van der Waals surface area contributed by atoms with E-state index < -0.39 is 0 Å². The minimum absolute atomic E-state index is 0.0338. The van der Waals surface area contributed by atoms with Crippen molar-refractivity contribution in [2.45, 2.75) is 51.4 Å². The van der Waals surface area contributed by atoms with Crippen molar-refractivity contribution >= 4 is 17.6 Å². The van der Waals surface area contributed by atoms with Crippen LogP contribution in [0.1, 0.15) is 72.9 Å². The molecule has 36 heavy (non-hydrogen) atoms. The molecule has 0 aromatic heterocycles. The predicted molar refractivity (Wildman–Crippen MR) is 146 cm³/mol. The lowest BCUT2D eigenvalue weighted by Crippen LogP contribution is -2.31. The Kier molecular flexibility index (Phi) is 10.8. The van der Waals surface area contributed by atoms with Crippen LogP contribution in [-0.2, 0) is 0 Å². The van der Waals surface area contributed by atoms with E-state index in [1.807, 2.05) is 36.4 Å². The van der Waals surface area contributed by atoms with Gasteiger partial charge in [0, 0.05) is 19.0 Å². The Morgan fingerprint density at radius 3 is 2.06 bits per heavy atom. The Labute approximate surface area is 214 Å². The van der Waals surface area contributed by atoms with Crippen LogP contribution < -0.4 is 16.0 Å². The molecule has 0 radical (unpaired) electrons. The molecule has 3 rings (SSSR count). The molecular formula is C30H37N3O3. The maximum absolute atomic E-state index is 13.0. The summed E-state index contributed by atoms with van der Waals surface area (Å²) in [6.07, 6.45) is 6.25. The van der Waals surface area contributed by atoms with Gasteiger partial charge >= 0.3 is 6.03 Å². The number of hydrogen-bond acceptors (Lipinski definition) is 3. The van der Waals surface area contributed by atoms with Gasteiger partial charge in [0.1, 0.15) is 5.75 Å². The summed E-state index contributed by atoms with van der Waals surface area (Å²) in [5, 5.41) is 18.5. The Morgan fingerprint density at radius 1 is 0.778 bits per heavy atom. The first kappa shape index (κ1) is 26.8. The van der Waals surface area contributed by atoms with Crippen molar-refractivity contribution < 1.29 is 14.7 Å². The molecule has 0 saturated carbocycles. The molecule has 190 valence electrons. The number of phenols is 1. The zero-order valence-corrected chi connectivity index (χ0v) is 21.0.